The highest BCUT2D eigenvalue weighted by Crippen LogP contribution is 2.42. The van der Waals surface area contributed by atoms with Crippen molar-refractivity contribution in [3.8, 4) is 39.1 Å². The van der Waals surface area contributed by atoms with Gasteiger partial charge in [-0.2, -0.15) is 0 Å². The summed E-state index contributed by atoms with van der Waals surface area (Å²) in [6.45, 7) is 0. The molecule has 0 amide bonds. The molecular formula is C52H36N2. The third-order valence-electron chi connectivity index (χ3n) is 10.2. The van der Waals surface area contributed by atoms with Crippen molar-refractivity contribution in [3.05, 3.63) is 218 Å². The van der Waals surface area contributed by atoms with E-state index in [1.807, 2.05) is 72.8 Å². The van der Waals surface area contributed by atoms with Crippen LogP contribution in [-0.4, -0.2) is 4.57 Å². The van der Waals surface area contributed by atoms with Gasteiger partial charge in [0.05, 0.1) is 16.5 Å². The molecule has 54 heavy (non-hydrogen) atoms. The molecule has 0 bridgehead atoms. The van der Waals surface area contributed by atoms with E-state index >= 15 is 0 Å². The SMILES string of the molecule is [2H]c1cc(-c2ccccc2)cc([2H])c1N(c1cccc(-c2cccc3c2c2ccccc2n3-c2ccccc2)c1)c1c([2H])cc(-c2cccc3ccccc23)cc1[2H]. The van der Waals surface area contributed by atoms with Gasteiger partial charge in [-0.05, 0) is 105 Å². The van der Waals surface area contributed by atoms with Crippen LogP contribution in [0.25, 0.3) is 71.6 Å². The summed E-state index contributed by atoms with van der Waals surface area (Å²) in [7, 11) is 0. The second-order valence-corrected chi connectivity index (χ2v) is 13.4. The maximum absolute atomic E-state index is 9.57. The number of anilines is 3. The molecule has 2 nitrogen and oxygen atoms in total. The summed E-state index contributed by atoms with van der Waals surface area (Å²) in [6, 6.07) is 65.0. The van der Waals surface area contributed by atoms with Crippen LogP contribution in [0.3, 0.4) is 0 Å². The van der Waals surface area contributed by atoms with E-state index in [-0.39, 0.29) is 24.2 Å². The van der Waals surface area contributed by atoms with Gasteiger partial charge in [-0.1, -0.05) is 158 Å². The lowest BCUT2D eigenvalue weighted by molar-refractivity contribution is 1.18. The minimum Gasteiger partial charge on any atom is -0.310 e. The van der Waals surface area contributed by atoms with Crippen molar-refractivity contribution < 1.29 is 5.48 Å². The van der Waals surface area contributed by atoms with E-state index in [2.05, 4.69) is 102 Å². The molecule has 2 heteroatoms. The van der Waals surface area contributed by atoms with Crippen molar-refractivity contribution in [2.24, 2.45) is 0 Å². The monoisotopic (exact) mass is 692 g/mol. The van der Waals surface area contributed by atoms with Gasteiger partial charge in [-0.3, -0.25) is 0 Å². The van der Waals surface area contributed by atoms with Gasteiger partial charge in [0.25, 0.3) is 0 Å². The van der Waals surface area contributed by atoms with Crippen molar-refractivity contribution in [2.75, 3.05) is 4.90 Å². The summed E-state index contributed by atoms with van der Waals surface area (Å²) in [5, 5.41) is 4.37. The fourth-order valence-corrected chi connectivity index (χ4v) is 7.74. The highest BCUT2D eigenvalue weighted by atomic mass is 15.1. The fourth-order valence-electron chi connectivity index (χ4n) is 7.74. The lowest BCUT2D eigenvalue weighted by atomic mass is 9.97. The van der Waals surface area contributed by atoms with Crippen molar-refractivity contribution in [1.82, 2.24) is 4.57 Å². The number of benzene rings is 9. The van der Waals surface area contributed by atoms with E-state index in [0.29, 0.717) is 17.1 Å². The fraction of sp³-hybridized carbons (Fsp3) is 0. The van der Waals surface area contributed by atoms with Gasteiger partial charge < -0.3 is 9.47 Å². The second-order valence-electron chi connectivity index (χ2n) is 13.4. The van der Waals surface area contributed by atoms with E-state index in [0.717, 1.165) is 71.6 Å². The van der Waals surface area contributed by atoms with E-state index in [1.54, 1.807) is 29.2 Å². The van der Waals surface area contributed by atoms with Crippen LogP contribution in [0.5, 0.6) is 0 Å². The summed E-state index contributed by atoms with van der Waals surface area (Å²) < 4.78 is 40.3. The first-order chi connectivity index (χ1) is 28.4. The van der Waals surface area contributed by atoms with Gasteiger partial charge >= 0.3 is 0 Å². The first-order valence-electron chi connectivity index (χ1n) is 20.2. The molecule has 0 saturated heterocycles. The molecule has 0 aliphatic heterocycles. The van der Waals surface area contributed by atoms with Crippen LogP contribution in [0.4, 0.5) is 17.1 Å². The molecule has 0 atom stereocenters. The number of aromatic nitrogens is 1. The Morgan fingerprint density at radius 3 is 1.69 bits per heavy atom. The number of hydrogen-bond acceptors (Lipinski definition) is 1. The van der Waals surface area contributed by atoms with Crippen LogP contribution in [0, 0.1) is 0 Å². The van der Waals surface area contributed by atoms with E-state index in [4.69, 9.17) is 0 Å². The predicted molar refractivity (Wildman–Crippen MR) is 229 cm³/mol. The van der Waals surface area contributed by atoms with Gasteiger partial charge in [0.15, 0.2) is 0 Å². The molecular weight excluding hydrogens is 653 g/mol. The molecule has 10 aromatic rings. The Labute approximate surface area is 321 Å². The molecule has 254 valence electrons. The quantitative estimate of drug-likeness (QED) is 0.161. The molecule has 1 heterocycles. The molecule has 9 aromatic carbocycles. The number of fused-ring (bicyclic) bond motifs is 4. The summed E-state index contributed by atoms with van der Waals surface area (Å²) in [5.41, 5.74) is 9.87. The van der Waals surface area contributed by atoms with Gasteiger partial charge in [-0.15, -0.1) is 0 Å². The molecule has 0 saturated carbocycles. The first-order valence-corrected chi connectivity index (χ1v) is 18.2. The molecule has 0 aliphatic carbocycles. The third-order valence-corrected chi connectivity index (χ3v) is 10.2. The highest BCUT2D eigenvalue weighted by Gasteiger charge is 2.18. The Morgan fingerprint density at radius 1 is 0.370 bits per heavy atom. The van der Waals surface area contributed by atoms with E-state index in [1.165, 1.54) is 0 Å². The zero-order chi connectivity index (χ0) is 39.3. The molecule has 0 fully saturated rings. The molecule has 1 aromatic heterocycles. The standard InChI is InChI=1S/C52H36N2/c1-3-14-37(15-4-1)38-28-32-43(33-29-38)53(44-34-30-40(31-35-44)47-24-12-17-39-16-7-8-22-46(39)47)45-21-11-18-41(36-45)48-25-13-27-51-52(48)49-23-9-10-26-50(49)54(51)42-19-5-2-6-20-42/h1-36H/i32D,33D,34D,35D. The molecule has 0 aliphatic rings. The van der Waals surface area contributed by atoms with Crippen LogP contribution in [0.1, 0.15) is 5.48 Å². The van der Waals surface area contributed by atoms with E-state index < -0.39 is 0 Å². The summed E-state index contributed by atoms with van der Waals surface area (Å²) >= 11 is 0. The van der Waals surface area contributed by atoms with Gasteiger partial charge in [0.1, 0.15) is 0 Å². The Bertz CT molecular complexity index is 3120. The minimum atomic E-state index is 0.125. The smallest absolute Gasteiger partial charge is 0.0645 e. The number of rotatable bonds is 7. The maximum Gasteiger partial charge on any atom is 0.0645 e. The van der Waals surface area contributed by atoms with Crippen LogP contribution in [0.2, 0.25) is 0 Å². The molecule has 0 unspecified atom stereocenters. The normalized spacial score (nSPS) is 12.4. The van der Waals surface area contributed by atoms with Crippen molar-refractivity contribution >= 4 is 49.6 Å². The van der Waals surface area contributed by atoms with Gasteiger partial charge in [0.2, 0.25) is 0 Å². The largest absolute Gasteiger partial charge is 0.310 e. The molecule has 0 N–H and O–H groups in total. The van der Waals surface area contributed by atoms with Crippen LogP contribution >= 0.6 is 0 Å². The molecule has 0 radical (unpaired) electrons. The van der Waals surface area contributed by atoms with Crippen molar-refractivity contribution in [1.29, 1.82) is 0 Å². The molecule has 10 rings (SSSR count). The lowest BCUT2D eigenvalue weighted by Crippen LogP contribution is -2.10. The summed E-state index contributed by atoms with van der Waals surface area (Å²) in [6.07, 6.45) is 0. The van der Waals surface area contributed by atoms with Gasteiger partial charge in [0, 0.05) is 33.5 Å². The van der Waals surface area contributed by atoms with Crippen molar-refractivity contribution in [2.45, 2.75) is 0 Å². The third kappa shape index (κ3) is 5.53. The maximum atomic E-state index is 9.57. The Morgan fingerprint density at radius 2 is 0.907 bits per heavy atom. The highest BCUT2D eigenvalue weighted by molar-refractivity contribution is 6.16. The average molecular weight is 693 g/mol. The topological polar surface area (TPSA) is 8.17 Å². The van der Waals surface area contributed by atoms with E-state index in [9.17, 15) is 5.48 Å². The Balaban J connectivity index is 1.19. The second kappa shape index (κ2) is 13.4. The number of para-hydroxylation sites is 2. The number of hydrogen-bond donors (Lipinski definition) is 0. The minimum absolute atomic E-state index is 0.125. The van der Waals surface area contributed by atoms with Crippen LogP contribution in [-0.2, 0) is 0 Å². The van der Waals surface area contributed by atoms with Crippen LogP contribution < -0.4 is 4.90 Å². The average Bonchev–Trinajstić information content (AvgIpc) is 3.60. The van der Waals surface area contributed by atoms with Gasteiger partial charge in [-0.25, -0.2) is 0 Å². The predicted octanol–water partition coefficient (Wildman–Crippen LogP) is 14.4. The molecule has 0 spiro atoms. The summed E-state index contributed by atoms with van der Waals surface area (Å²) in [4.78, 5) is 1.77. The Kier molecular flexibility index (Phi) is 6.84. The summed E-state index contributed by atoms with van der Waals surface area (Å²) in [5.74, 6) is 0. The zero-order valence-electron chi connectivity index (χ0n) is 33.4. The number of nitrogens with zero attached hydrogens (tertiary/aromatic N) is 2. The van der Waals surface area contributed by atoms with Crippen molar-refractivity contribution in [3.63, 3.8) is 0 Å². The zero-order valence-corrected chi connectivity index (χ0v) is 29.4. The first kappa shape index (κ1) is 27.5. The Hall–Kier alpha value is -7.16. The van der Waals surface area contributed by atoms with Crippen LogP contribution in [0.15, 0.2) is 218 Å². The lowest BCUT2D eigenvalue weighted by Gasteiger charge is -2.26.